The Morgan fingerprint density at radius 3 is 2.65 bits per heavy atom. The maximum Gasteiger partial charge on any atom is 0.130 e. The summed E-state index contributed by atoms with van der Waals surface area (Å²) in [6.07, 6.45) is 1.04. The fraction of sp³-hybridized carbons (Fsp3) is 0.133. The number of halogens is 1. The molecule has 2 aromatic heterocycles. The van der Waals surface area contributed by atoms with Gasteiger partial charge in [-0.15, -0.1) is 11.3 Å². The Bertz CT molecular complexity index is 701. The van der Waals surface area contributed by atoms with Gasteiger partial charge in [0.05, 0.1) is 15.2 Å². The van der Waals surface area contributed by atoms with Crippen LogP contribution in [0.3, 0.4) is 0 Å². The third-order valence-corrected chi connectivity index (χ3v) is 5.29. The molecule has 20 heavy (non-hydrogen) atoms. The second kappa shape index (κ2) is 5.52. The van der Waals surface area contributed by atoms with Crippen LogP contribution in [0, 0.1) is 6.92 Å². The first kappa shape index (κ1) is 13.5. The highest BCUT2D eigenvalue weighted by Gasteiger charge is 2.19. The minimum absolute atomic E-state index is 0.673. The molecule has 0 fully saturated rings. The fourth-order valence-electron chi connectivity index (χ4n) is 2.07. The predicted molar refractivity (Wildman–Crippen MR) is 84.4 cm³/mol. The lowest BCUT2D eigenvalue weighted by Gasteiger charge is -2.12. The maximum atomic E-state index is 10.6. The number of rotatable bonds is 3. The Morgan fingerprint density at radius 2 is 2.00 bits per heavy atom. The van der Waals surface area contributed by atoms with Gasteiger partial charge in [0.2, 0.25) is 0 Å². The molecule has 0 saturated carbocycles. The van der Waals surface area contributed by atoms with Crippen molar-refractivity contribution in [2.24, 2.45) is 0 Å². The van der Waals surface area contributed by atoms with E-state index in [1.165, 1.54) is 0 Å². The van der Waals surface area contributed by atoms with Crippen LogP contribution >= 0.6 is 27.3 Å². The number of hydrogen-bond donors (Lipinski definition) is 1. The quantitative estimate of drug-likeness (QED) is 0.774. The van der Waals surface area contributed by atoms with Crippen molar-refractivity contribution in [3.63, 3.8) is 0 Å². The fourth-order valence-corrected chi connectivity index (χ4v) is 3.64. The van der Waals surface area contributed by atoms with Crippen LogP contribution in [-0.4, -0.2) is 14.9 Å². The lowest BCUT2D eigenvalue weighted by Crippen LogP contribution is -2.07. The van der Waals surface area contributed by atoms with Crippen molar-refractivity contribution in [3.8, 4) is 5.69 Å². The van der Waals surface area contributed by atoms with Gasteiger partial charge in [-0.1, -0.05) is 18.2 Å². The lowest BCUT2D eigenvalue weighted by molar-refractivity contribution is 0.215. The second-order valence-electron chi connectivity index (χ2n) is 4.51. The number of thiophene rings is 1. The van der Waals surface area contributed by atoms with Crippen LogP contribution < -0.4 is 0 Å². The van der Waals surface area contributed by atoms with E-state index in [0.717, 1.165) is 25.6 Å². The number of aliphatic hydroxyl groups excluding tert-OH is 1. The Kier molecular flexibility index (Phi) is 3.74. The molecule has 1 atom stereocenters. The van der Waals surface area contributed by atoms with Crippen molar-refractivity contribution in [3.05, 3.63) is 68.6 Å². The summed E-state index contributed by atoms with van der Waals surface area (Å²) in [6, 6.07) is 13.7. The molecule has 5 heteroatoms. The number of hydrogen-bond acceptors (Lipinski definition) is 3. The highest BCUT2D eigenvalue weighted by molar-refractivity contribution is 9.11. The number of benzene rings is 1. The van der Waals surface area contributed by atoms with Crippen LogP contribution in [0.2, 0.25) is 0 Å². The van der Waals surface area contributed by atoms with E-state index in [0.29, 0.717) is 0 Å². The van der Waals surface area contributed by atoms with E-state index < -0.39 is 6.10 Å². The number of aryl methyl sites for hydroxylation is 1. The van der Waals surface area contributed by atoms with Crippen molar-refractivity contribution in [2.45, 2.75) is 13.0 Å². The van der Waals surface area contributed by atoms with E-state index in [1.807, 2.05) is 49.4 Å². The minimum atomic E-state index is -0.673. The van der Waals surface area contributed by atoms with E-state index >= 15 is 0 Å². The first-order valence-corrected chi connectivity index (χ1v) is 7.81. The summed E-state index contributed by atoms with van der Waals surface area (Å²) in [4.78, 5) is 0.909. The smallest absolute Gasteiger partial charge is 0.130 e. The summed E-state index contributed by atoms with van der Waals surface area (Å²) in [5.74, 6) is 0. The van der Waals surface area contributed by atoms with Crippen LogP contribution in [0.15, 0.2) is 52.4 Å². The van der Waals surface area contributed by atoms with Gasteiger partial charge in [-0.25, -0.2) is 4.68 Å². The number of nitrogens with zero attached hydrogens (tertiary/aromatic N) is 2. The average molecular weight is 349 g/mol. The maximum absolute atomic E-state index is 10.6. The molecular formula is C15H13BrN2OS. The van der Waals surface area contributed by atoms with Crippen molar-refractivity contribution < 1.29 is 5.11 Å². The Hall–Kier alpha value is -1.43. The SMILES string of the molecule is Cc1cc(C(O)c2ccnn2-c2ccccc2)sc1Br. The van der Waals surface area contributed by atoms with Crippen LogP contribution in [0.5, 0.6) is 0 Å². The molecule has 0 aliphatic carbocycles. The molecule has 3 aromatic rings. The van der Waals surface area contributed by atoms with Crippen LogP contribution in [0.1, 0.15) is 22.2 Å². The monoisotopic (exact) mass is 348 g/mol. The molecule has 102 valence electrons. The Balaban J connectivity index is 2.01. The highest BCUT2D eigenvalue weighted by Crippen LogP contribution is 2.34. The molecule has 0 aliphatic rings. The first-order chi connectivity index (χ1) is 9.66. The predicted octanol–water partition coefficient (Wildman–Crippen LogP) is 4.09. The zero-order valence-electron chi connectivity index (χ0n) is 10.8. The number of para-hydroxylation sites is 1. The van der Waals surface area contributed by atoms with Crippen molar-refractivity contribution in [2.75, 3.05) is 0 Å². The third-order valence-electron chi connectivity index (χ3n) is 3.10. The second-order valence-corrected chi connectivity index (χ2v) is 6.91. The summed E-state index contributed by atoms with van der Waals surface area (Å²) >= 11 is 5.05. The Morgan fingerprint density at radius 1 is 1.25 bits per heavy atom. The molecule has 2 heterocycles. The molecule has 1 unspecified atom stereocenters. The molecule has 0 saturated heterocycles. The molecule has 0 amide bonds. The zero-order valence-corrected chi connectivity index (χ0v) is 13.2. The van der Waals surface area contributed by atoms with Crippen molar-refractivity contribution in [1.82, 2.24) is 9.78 Å². The van der Waals surface area contributed by atoms with Gasteiger partial charge >= 0.3 is 0 Å². The molecule has 1 aromatic carbocycles. The summed E-state index contributed by atoms with van der Waals surface area (Å²) < 4.78 is 2.82. The molecule has 0 bridgehead atoms. The lowest BCUT2D eigenvalue weighted by atomic mass is 10.2. The van der Waals surface area contributed by atoms with Gasteiger partial charge in [0.25, 0.3) is 0 Å². The van der Waals surface area contributed by atoms with Crippen molar-refractivity contribution in [1.29, 1.82) is 0 Å². The van der Waals surface area contributed by atoms with Gasteiger partial charge in [-0.05, 0) is 52.7 Å². The molecule has 0 aliphatic heterocycles. The molecule has 3 rings (SSSR count). The van der Waals surface area contributed by atoms with Gasteiger partial charge < -0.3 is 5.11 Å². The van der Waals surface area contributed by atoms with Gasteiger partial charge in [0.1, 0.15) is 6.10 Å². The van der Waals surface area contributed by atoms with Crippen molar-refractivity contribution >= 4 is 27.3 Å². The number of aromatic nitrogens is 2. The molecule has 3 nitrogen and oxygen atoms in total. The van der Waals surface area contributed by atoms with Gasteiger partial charge in [-0.3, -0.25) is 0 Å². The largest absolute Gasteiger partial charge is 0.381 e. The third kappa shape index (κ3) is 2.44. The van der Waals surface area contributed by atoms with Crippen LogP contribution in [0.4, 0.5) is 0 Å². The standard InChI is InChI=1S/C15H13BrN2OS/c1-10-9-13(20-15(10)16)14(19)12-7-8-17-18(12)11-5-3-2-4-6-11/h2-9,14,19H,1H3. The van der Waals surface area contributed by atoms with E-state index in [9.17, 15) is 5.11 Å². The van der Waals surface area contributed by atoms with E-state index in [4.69, 9.17) is 0 Å². The summed E-state index contributed by atoms with van der Waals surface area (Å²) in [5.41, 5.74) is 2.85. The highest BCUT2D eigenvalue weighted by atomic mass is 79.9. The van der Waals surface area contributed by atoms with Crippen LogP contribution in [-0.2, 0) is 0 Å². The van der Waals surface area contributed by atoms with E-state index in [1.54, 1.807) is 22.2 Å². The minimum Gasteiger partial charge on any atom is -0.381 e. The van der Waals surface area contributed by atoms with E-state index in [-0.39, 0.29) is 0 Å². The molecular weight excluding hydrogens is 336 g/mol. The van der Waals surface area contributed by atoms with Crippen LogP contribution in [0.25, 0.3) is 5.69 Å². The molecule has 1 N–H and O–H groups in total. The average Bonchev–Trinajstić information content (AvgIpc) is 3.07. The van der Waals surface area contributed by atoms with Gasteiger partial charge in [0, 0.05) is 11.1 Å². The Labute approximate surface area is 129 Å². The first-order valence-electron chi connectivity index (χ1n) is 6.20. The van der Waals surface area contributed by atoms with Gasteiger partial charge in [-0.2, -0.15) is 5.10 Å². The normalized spacial score (nSPS) is 12.6. The topological polar surface area (TPSA) is 38.1 Å². The number of aliphatic hydroxyl groups is 1. The van der Waals surface area contributed by atoms with E-state index in [2.05, 4.69) is 21.0 Å². The summed E-state index contributed by atoms with van der Waals surface area (Å²) in [6.45, 7) is 2.02. The molecule has 0 radical (unpaired) electrons. The molecule has 0 spiro atoms. The van der Waals surface area contributed by atoms with Gasteiger partial charge in [0.15, 0.2) is 0 Å². The zero-order chi connectivity index (χ0) is 14.1. The summed E-state index contributed by atoms with van der Waals surface area (Å²) in [7, 11) is 0. The summed E-state index contributed by atoms with van der Waals surface area (Å²) in [5, 5.41) is 14.9.